The number of hydrogen-bond acceptors (Lipinski definition) is 2. The summed E-state index contributed by atoms with van der Waals surface area (Å²) in [5.41, 5.74) is 2.40. The van der Waals surface area contributed by atoms with E-state index in [0.717, 1.165) is 6.42 Å². The number of aliphatic hydroxyl groups excluding tert-OH is 1. The summed E-state index contributed by atoms with van der Waals surface area (Å²) in [5, 5.41) is 12.5. The Morgan fingerprint density at radius 2 is 1.73 bits per heavy atom. The minimum atomic E-state index is -0.302. The molecule has 1 N–H and O–H groups in total. The molecule has 1 heterocycles. The van der Waals surface area contributed by atoms with Crippen molar-refractivity contribution < 1.29 is 5.11 Å². The van der Waals surface area contributed by atoms with Crippen LogP contribution in [0.4, 0.5) is 0 Å². The Hall–Kier alpha value is -1.71. The van der Waals surface area contributed by atoms with Crippen LogP contribution in [0, 0.1) is 0 Å². The first kappa shape index (κ1) is 15.2. The molecule has 3 rings (SSSR count). The van der Waals surface area contributed by atoms with E-state index in [1.165, 1.54) is 21.5 Å². The van der Waals surface area contributed by atoms with Crippen molar-refractivity contribution in [2.75, 3.05) is 6.61 Å². The van der Waals surface area contributed by atoms with Gasteiger partial charge in [0.25, 0.3) is 0 Å². The molecule has 2 nitrogen and oxygen atoms in total. The third-order valence-electron chi connectivity index (χ3n) is 4.33. The lowest BCUT2D eigenvalue weighted by molar-refractivity contribution is 0.245. The highest BCUT2D eigenvalue weighted by Crippen LogP contribution is 2.44. The molecular weight excluding hydrogens is 290 g/mol. The second-order valence-electron chi connectivity index (χ2n) is 5.57. The average Bonchev–Trinajstić information content (AvgIpc) is 2.90. The normalized spacial score (nSPS) is 14.1. The Labute approximate surface area is 135 Å². The summed E-state index contributed by atoms with van der Waals surface area (Å²) in [7, 11) is 2.09. The molecule has 0 fully saturated rings. The van der Waals surface area contributed by atoms with E-state index in [4.69, 9.17) is 0 Å². The van der Waals surface area contributed by atoms with Gasteiger partial charge in [-0.15, -0.1) is 0 Å². The maximum atomic E-state index is 10.1. The van der Waals surface area contributed by atoms with Crippen LogP contribution in [0.2, 0.25) is 0 Å². The van der Waals surface area contributed by atoms with E-state index in [2.05, 4.69) is 61.0 Å². The van der Waals surface area contributed by atoms with Crippen molar-refractivity contribution in [1.82, 2.24) is 4.57 Å². The molecule has 0 saturated heterocycles. The van der Waals surface area contributed by atoms with Gasteiger partial charge in [-0.3, -0.25) is 0 Å². The van der Waals surface area contributed by atoms with Crippen LogP contribution in [0.15, 0.2) is 65.7 Å². The molecule has 0 saturated carbocycles. The third-order valence-corrected chi connectivity index (χ3v) is 5.98. The number of aryl methyl sites for hydroxylation is 1. The summed E-state index contributed by atoms with van der Waals surface area (Å²) in [6, 6.07) is 20.9. The molecule has 0 aliphatic heterocycles. The van der Waals surface area contributed by atoms with Gasteiger partial charge in [0.1, 0.15) is 0 Å². The number of fused-ring (bicyclic) bond motifs is 1. The Balaban J connectivity index is 2.05. The lowest BCUT2D eigenvalue weighted by atomic mass is 9.96. The number of aliphatic hydroxyl groups is 1. The number of benzene rings is 2. The quantitative estimate of drug-likeness (QED) is 0.698. The fourth-order valence-electron chi connectivity index (χ4n) is 2.87. The molecule has 1 atom stereocenters. The van der Waals surface area contributed by atoms with Crippen molar-refractivity contribution >= 4 is 22.7 Å². The van der Waals surface area contributed by atoms with E-state index in [1.54, 1.807) is 11.8 Å². The van der Waals surface area contributed by atoms with Crippen molar-refractivity contribution in [2.24, 2.45) is 7.05 Å². The van der Waals surface area contributed by atoms with Crippen molar-refractivity contribution in [2.45, 2.75) is 23.1 Å². The fourth-order valence-corrected chi connectivity index (χ4v) is 4.16. The van der Waals surface area contributed by atoms with Crippen LogP contribution in [0.1, 0.15) is 18.9 Å². The van der Waals surface area contributed by atoms with Gasteiger partial charge in [-0.25, -0.2) is 0 Å². The van der Waals surface area contributed by atoms with Gasteiger partial charge >= 0.3 is 0 Å². The second kappa shape index (κ2) is 6.19. The predicted molar refractivity (Wildman–Crippen MR) is 94.3 cm³/mol. The highest BCUT2D eigenvalue weighted by atomic mass is 32.2. The van der Waals surface area contributed by atoms with Gasteiger partial charge in [-0.05, 0) is 24.1 Å². The largest absolute Gasteiger partial charge is 0.395 e. The molecule has 0 aliphatic rings. The number of aromatic nitrogens is 1. The monoisotopic (exact) mass is 311 g/mol. The minimum absolute atomic E-state index is 0.125. The summed E-state index contributed by atoms with van der Waals surface area (Å²) in [4.78, 5) is 0. The standard InChI is InChI=1S/C19H21NOS/c1-3-19(14-21,16-10-5-4-6-11-16)22-18-13-15-9-7-8-12-17(15)20(18)2/h4-13,21H,3,14H2,1-2H3. The van der Waals surface area contributed by atoms with Gasteiger partial charge in [0.15, 0.2) is 0 Å². The molecule has 3 aromatic rings. The lowest BCUT2D eigenvalue weighted by Gasteiger charge is -2.30. The number of nitrogens with zero attached hydrogens (tertiary/aromatic N) is 1. The molecule has 114 valence electrons. The number of hydrogen-bond donors (Lipinski definition) is 1. The van der Waals surface area contributed by atoms with Gasteiger partial charge in [0.05, 0.1) is 16.4 Å². The summed E-state index contributed by atoms with van der Waals surface area (Å²) < 4.78 is 1.91. The van der Waals surface area contributed by atoms with E-state index in [-0.39, 0.29) is 11.4 Å². The molecule has 0 spiro atoms. The Bertz CT molecular complexity index is 759. The van der Waals surface area contributed by atoms with Crippen molar-refractivity contribution in [1.29, 1.82) is 0 Å². The molecular formula is C19H21NOS. The van der Waals surface area contributed by atoms with E-state index in [0.29, 0.717) is 0 Å². The van der Waals surface area contributed by atoms with Crippen molar-refractivity contribution in [3.63, 3.8) is 0 Å². The van der Waals surface area contributed by atoms with Crippen LogP contribution in [0.3, 0.4) is 0 Å². The van der Waals surface area contributed by atoms with Crippen LogP contribution < -0.4 is 0 Å². The van der Waals surface area contributed by atoms with Gasteiger partial charge < -0.3 is 9.67 Å². The zero-order valence-corrected chi connectivity index (χ0v) is 13.8. The number of rotatable bonds is 5. The fraction of sp³-hybridized carbons (Fsp3) is 0.263. The molecule has 1 unspecified atom stereocenters. The van der Waals surface area contributed by atoms with E-state index in [1.807, 2.05) is 18.2 Å². The smallest absolute Gasteiger partial charge is 0.0765 e. The van der Waals surface area contributed by atoms with Crippen LogP contribution in [0.5, 0.6) is 0 Å². The molecule has 3 heteroatoms. The first-order valence-corrected chi connectivity index (χ1v) is 8.41. The summed E-state index contributed by atoms with van der Waals surface area (Å²) in [5.74, 6) is 0. The highest BCUT2D eigenvalue weighted by Gasteiger charge is 2.32. The molecule has 0 radical (unpaired) electrons. The van der Waals surface area contributed by atoms with Crippen LogP contribution in [0.25, 0.3) is 10.9 Å². The Morgan fingerprint density at radius 1 is 1.05 bits per heavy atom. The minimum Gasteiger partial charge on any atom is -0.395 e. The Kier molecular flexibility index (Phi) is 4.27. The number of thioether (sulfide) groups is 1. The van der Waals surface area contributed by atoms with Crippen LogP contribution in [-0.4, -0.2) is 16.3 Å². The molecule has 0 amide bonds. The van der Waals surface area contributed by atoms with Crippen molar-refractivity contribution in [3.8, 4) is 0 Å². The maximum absolute atomic E-state index is 10.1. The Morgan fingerprint density at radius 3 is 2.36 bits per heavy atom. The van der Waals surface area contributed by atoms with E-state index >= 15 is 0 Å². The number of para-hydroxylation sites is 1. The van der Waals surface area contributed by atoms with Gasteiger partial charge in [-0.2, -0.15) is 0 Å². The SMILES string of the molecule is CCC(CO)(Sc1cc2ccccc2n1C)c1ccccc1. The topological polar surface area (TPSA) is 25.2 Å². The molecule has 0 aliphatic carbocycles. The van der Waals surface area contributed by atoms with Gasteiger partial charge in [0.2, 0.25) is 0 Å². The molecule has 22 heavy (non-hydrogen) atoms. The zero-order valence-electron chi connectivity index (χ0n) is 13.0. The summed E-state index contributed by atoms with van der Waals surface area (Å²) in [6.45, 7) is 2.26. The highest BCUT2D eigenvalue weighted by molar-refractivity contribution is 8.00. The van der Waals surface area contributed by atoms with Gasteiger partial charge in [-0.1, -0.05) is 67.2 Å². The van der Waals surface area contributed by atoms with Crippen LogP contribution >= 0.6 is 11.8 Å². The zero-order chi connectivity index (χ0) is 15.6. The second-order valence-corrected chi connectivity index (χ2v) is 6.98. The summed E-state index contributed by atoms with van der Waals surface area (Å²) >= 11 is 1.75. The maximum Gasteiger partial charge on any atom is 0.0765 e. The van der Waals surface area contributed by atoms with Crippen molar-refractivity contribution in [3.05, 3.63) is 66.2 Å². The lowest BCUT2D eigenvalue weighted by Crippen LogP contribution is -2.26. The third kappa shape index (κ3) is 2.55. The van der Waals surface area contributed by atoms with Crippen LogP contribution in [-0.2, 0) is 11.8 Å². The first-order chi connectivity index (χ1) is 10.7. The molecule has 0 bridgehead atoms. The van der Waals surface area contributed by atoms with E-state index in [9.17, 15) is 5.11 Å². The van der Waals surface area contributed by atoms with E-state index < -0.39 is 0 Å². The summed E-state index contributed by atoms with van der Waals surface area (Å²) in [6.07, 6.45) is 0.875. The molecule has 2 aromatic carbocycles. The average molecular weight is 311 g/mol. The molecule has 1 aromatic heterocycles. The predicted octanol–water partition coefficient (Wildman–Crippen LogP) is 4.57. The first-order valence-electron chi connectivity index (χ1n) is 7.60. The van der Waals surface area contributed by atoms with Gasteiger partial charge in [0, 0.05) is 18.0 Å².